The number of rotatable bonds is 9. The molecule has 7 heteroatoms. The van der Waals surface area contributed by atoms with Crippen LogP contribution >= 0.6 is 0 Å². The van der Waals surface area contributed by atoms with Gasteiger partial charge in [-0.15, -0.1) is 0 Å². The molecule has 3 rings (SSSR count). The van der Waals surface area contributed by atoms with Gasteiger partial charge in [0.05, 0.1) is 19.9 Å². The number of methoxy groups -OCH3 is 1. The second-order valence-corrected chi connectivity index (χ2v) is 7.05. The molecule has 1 aliphatic heterocycles. The maximum atomic E-state index is 12.1. The van der Waals surface area contributed by atoms with Gasteiger partial charge < -0.3 is 14.4 Å². The Morgan fingerprint density at radius 1 is 1.10 bits per heavy atom. The summed E-state index contributed by atoms with van der Waals surface area (Å²) in [6.07, 6.45) is 2.04. The molecule has 1 heterocycles. The third-order valence-corrected chi connectivity index (χ3v) is 5.04. The minimum atomic E-state index is -0.0877. The third-order valence-electron chi connectivity index (χ3n) is 5.04. The largest absolute Gasteiger partial charge is 0.493 e. The fourth-order valence-corrected chi connectivity index (χ4v) is 3.40. The number of benzene rings is 2. The third kappa shape index (κ3) is 6.22. The van der Waals surface area contributed by atoms with Gasteiger partial charge in [0.15, 0.2) is 11.5 Å². The highest BCUT2D eigenvalue weighted by molar-refractivity contribution is 5.83. The van der Waals surface area contributed by atoms with Crippen LogP contribution in [0.15, 0.2) is 53.6 Å². The summed E-state index contributed by atoms with van der Waals surface area (Å²) < 4.78 is 10.8. The summed E-state index contributed by atoms with van der Waals surface area (Å²) in [4.78, 5) is 16.8. The van der Waals surface area contributed by atoms with E-state index in [9.17, 15) is 4.79 Å². The van der Waals surface area contributed by atoms with Gasteiger partial charge in [-0.2, -0.15) is 5.10 Å². The number of amides is 1. The number of hydrogen-bond acceptors (Lipinski definition) is 6. The maximum Gasteiger partial charge on any atom is 0.241 e. The van der Waals surface area contributed by atoms with E-state index in [0.29, 0.717) is 24.5 Å². The number of hydrogen-bond donors (Lipinski definition) is 1. The zero-order valence-electron chi connectivity index (χ0n) is 17.7. The summed E-state index contributed by atoms with van der Waals surface area (Å²) >= 11 is 0. The van der Waals surface area contributed by atoms with E-state index in [-0.39, 0.29) is 5.91 Å². The van der Waals surface area contributed by atoms with Crippen LogP contribution in [0.3, 0.4) is 0 Å². The molecule has 1 aliphatic rings. The van der Waals surface area contributed by atoms with Crippen LogP contribution in [0.4, 0.5) is 5.69 Å². The van der Waals surface area contributed by atoms with Gasteiger partial charge in [0.25, 0.3) is 0 Å². The Labute approximate surface area is 178 Å². The van der Waals surface area contributed by atoms with Gasteiger partial charge in [-0.1, -0.05) is 18.2 Å². The predicted molar refractivity (Wildman–Crippen MR) is 120 cm³/mol. The number of nitrogens with one attached hydrogen (secondary N) is 1. The van der Waals surface area contributed by atoms with Crippen LogP contribution in [0, 0.1) is 0 Å². The molecule has 1 N–H and O–H groups in total. The smallest absolute Gasteiger partial charge is 0.241 e. The second-order valence-electron chi connectivity index (χ2n) is 7.05. The molecule has 7 nitrogen and oxygen atoms in total. The number of carbonyl (C=O) groups is 1. The highest BCUT2D eigenvalue weighted by atomic mass is 16.5. The lowest BCUT2D eigenvalue weighted by molar-refractivity contribution is -0.121. The van der Waals surface area contributed by atoms with Crippen LogP contribution in [0.25, 0.3) is 0 Å². The Hall–Kier alpha value is -3.06. The van der Waals surface area contributed by atoms with E-state index in [0.717, 1.165) is 38.3 Å². The van der Waals surface area contributed by atoms with Crippen molar-refractivity contribution >= 4 is 17.8 Å². The zero-order valence-corrected chi connectivity index (χ0v) is 17.7. The van der Waals surface area contributed by atoms with Crippen molar-refractivity contribution in [3.63, 3.8) is 0 Å². The number of anilines is 1. The lowest BCUT2D eigenvalue weighted by Gasteiger charge is -2.36. The molecule has 0 spiro atoms. The summed E-state index contributed by atoms with van der Waals surface area (Å²) in [5.41, 5.74) is 4.70. The minimum Gasteiger partial charge on any atom is -0.493 e. The predicted octanol–water partition coefficient (Wildman–Crippen LogP) is 2.76. The van der Waals surface area contributed by atoms with Crippen molar-refractivity contribution < 1.29 is 14.3 Å². The second kappa shape index (κ2) is 11.2. The first-order valence-electron chi connectivity index (χ1n) is 10.3. The Morgan fingerprint density at radius 2 is 1.87 bits per heavy atom. The van der Waals surface area contributed by atoms with Crippen LogP contribution in [-0.4, -0.2) is 63.5 Å². The molecule has 0 unspecified atom stereocenters. The van der Waals surface area contributed by atoms with Crippen molar-refractivity contribution in [2.24, 2.45) is 5.10 Å². The highest BCUT2D eigenvalue weighted by Crippen LogP contribution is 2.27. The first-order valence-corrected chi connectivity index (χ1v) is 10.3. The molecule has 0 aliphatic carbocycles. The average molecular weight is 411 g/mol. The Kier molecular flexibility index (Phi) is 8.09. The molecular formula is C23H30N4O3. The quantitative estimate of drug-likeness (QED) is 0.509. The Morgan fingerprint density at radius 3 is 2.57 bits per heavy atom. The number of ether oxygens (including phenoxy) is 2. The molecule has 30 heavy (non-hydrogen) atoms. The van der Waals surface area contributed by atoms with Crippen molar-refractivity contribution in [1.29, 1.82) is 0 Å². The molecule has 2 aromatic rings. The molecular weight excluding hydrogens is 380 g/mol. The van der Waals surface area contributed by atoms with Crippen molar-refractivity contribution in [2.75, 3.05) is 51.3 Å². The molecule has 0 radical (unpaired) electrons. The van der Waals surface area contributed by atoms with E-state index in [1.54, 1.807) is 13.3 Å². The van der Waals surface area contributed by atoms with Gasteiger partial charge in [0.1, 0.15) is 0 Å². The molecule has 1 amide bonds. The monoisotopic (exact) mass is 410 g/mol. The van der Waals surface area contributed by atoms with E-state index in [1.807, 2.05) is 31.2 Å². The first kappa shape index (κ1) is 21.6. The number of nitrogens with zero attached hydrogens (tertiary/aromatic N) is 3. The number of piperazine rings is 1. The van der Waals surface area contributed by atoms with Gasteiger partial charge in [0.2, 0.25) is 5.91 Å². The van der Waals surface area contributed by atoms with E-state index in [2.05, 4.69) is 44.6 Å². The van der Waals surface area contributed by atoms with Gasteiger partial charge >= 0.3 is 0 Å². The fraction of sp³-hybridized carbons (Fsp3) is 0.391. The normalized spacial score (nSPS) is 14.7. The summed E-state index contributed by atoms with van der Waals surface area (Å²) in [6.45, 7) is 7.07. The van der Waals surface area contributed by atoms with E-state index < -0.39 is 0 Å². The van der Waals surface area contributed by atoms with Gasteiger partial charge in [-0.25, -0.2) is 5.43 Å². The molecule has 0 bridgehead atoms. The number of para-hydroxylation sites is 1. The molecule has 1 fully saturated rings. The van der Waals surface area contributed by atoms with Crippen molar-refractivity contribution in [3.8, 4) is 11.5 Å². The van der Waals surface area contributed by atoms with Gasteiger partial charge in [0, 0.05) is 44.8 Å². The van der Waals surface area contributed by atoms with E-state index in [4.69, 9.17) is 9.47 Å². The van der Waals surface area contributed by atoms with Crippen LogP contribution < -0.4 is 19.8 Å². The van der Waals surface area contributed by atoms with Crippen molar-refractivity contribution in [1.82, 2.24) is 10.3 Å². The number of carbonyl (C=O) groups excluding carboxylic acids is 1. The molecule has 0 atom stereocenters. The zero-order chi connectivity index (χ0) is 21.2. The minimum absolute atomic E-state index is 0.0877. The summed E-state index contributed by atoms with van der Waals surface area (Å²) in [5, 5.41) is 4.07. The maximum absolute atomic E-state index is 12.1. The van der Waals surface area contributed by atoms with Crippen LogP contribution in [0.5, 0.6) is 11.5 Å². The number of hydrazone groups is 1. The molecule has 0 saturated carbocycles. The highest BCUT2D eigenvalue weighted by Gasteiger charge is 2.17. The van der Waals surface area contributed by atoms with Crippen LogP contribution in [-0.2, 0) is 4.79 Å². The summed E-state index contributed by atoms with van der Waals surface area (Å²) in [6, 6.07) is 16.0. The van der Waals surface area contributed by atoms with E-state index in [1.165, 1.54) is 5.69 Å². The summed E-state index contributed by atoms with van der Waals surface area (Å²) in [5.74, 6) is 1.24. The topological polar surface area (TPSA) is 66.4 Å². The fourth-order valence-electron chi connectivity index (χ4n) is 3.40. The Bertz CT molecular complexity index is 834. The molecule has 160 valence electrons. The lowest BCUT2D eigenvalue weighted by Crippen LogP contribution is -2.47. The van der Waals surface area contributed by atoms with Crippen LogP contribution in [0.2, 0.25) is 0 Å². The SMILES string of the molecule is CCOc1cc(C=NNC(=O)CCN2CCN(c3ccccc3)CC2)ccc1OC. The van der Waals surface area contributed by atoms with E-state index >= 15 is 0 Å². The Balaban J connectivity index is 1.40. The standard InChI is InChI=1S/C23H30N4O3/c1-3-30-22-17-19(9-10-21(22)29-2)18-24-25-23(28)11-12-26-13-15-27(16-14-26)20-7-5-4-6-8-20/h4-10,17-18H,3,11-16H2,1-2H3,(H,25,28). The van der Waals surface area contributed by atoms with Gasteiger partial charge in [-0.05, 0) is 42.8 Å². The van der Waals surface area contributed by atoms with Gasteiger partial charge in [-0.3, -0.25) is 9.69 Å². The lowest BCUT2D eigenvalue weighted by atomic mass is 10.2. The van der Waals surface area contributed by atoms with Crippen molar-refractivity contribution in [3.05, 3.63) is 54.1 Å². The van der Waals surface area contributed by atoms with Crippen molar-refractivity contribution in [2.45, 2.75) is 13.3 Å². The molecule has 0 aromatic heterocycles. The molecule has 1 saturated heterocycles. The average Bonchev–Trinajstić information content (AvgIpc) is 2.79. The van der Waals surface area contributed by atoms with Crippen LogP contribution in [0.1, 0.15) is 18.9 Å². The summed E-state index contributed by atoms with van der Waals surface area (Å²) in [7, 11) is 1.60. The molecule has 2 aromatic carbocycles. The first-order chi connectivity index (χ1) is 14.7.